The third-order valence-electron chi connectivity index (χ3n) is 3.62. The van der Waals surface area contributed by atoms with Gasteiger partial charge in [-0.3, -0.25) is 9.48 Å². The molecule has 5 nitrogen and oxygen atoms in total. The highest BCUT2D eigenvalue weighted by atomic mass is 16.3. The smallest absolute Gasteiger partial charge is 0.254 e. The van der Waals surface area contributed by atoms with E-state index in [2.05, 4.69) is 10.4 Å². The van der Waals surface area contributed by atoms with E-state index in [-0.39, 0.29) is 17.9 Å². The molecule has 1 aromatic rings. The van der Waals surface area contributed by atoms with Crippen molar-refractivity contribution in [3.63, 3.8) is 0 Å². The highest BCUT2D eigenvalue weighted by Gasteiger charge is 2.25. The molecule has 1 aliphatic rings. The van der Waals surface area contributed by atoms with Crippen molar-refractivity contribution >= 4 is 5.91 Å². The lowest BCUT2D eigenvalue weighted by Crippen LogP contribution is -2.32. The van der Waals surface area contributed by atoms with Crippen LogP contribution in [0.15, 0.2) is 6.20 Å². The fraction of sp³-hybridized carbons (Fsp3) is 0.667. The van der Waals surface area contributed by atoms with Gasteiger partial charge in [-0.2, -0.15) is 5.10 Å². The molecule has 0 bridgehead atoms. The molecule has 1 amide bonds. The van der Waals surface area contributed by atoms with E-state index in [4.69, 9.17) is 0 Å². The van der Waals surface area contributed by atoms with E-state index in [1.165, 1.54) is 0 Å². The summed E-state index contributed by atoms with van der Waals surface area (Å²) in [6, 6.07) is 0. The minimum atomic E-state index is -0.259. The Kier molecular flexibility index (Phi) is 3.47. The van der Waals surface area contributed by atoms with E-state index in [1.807, 2.05) is 14.0 Å². The second-order valence-corrected chi connectivity index (χ2v) is 4.74. The average molecular weight is 237 g/mol. The van der Waals surface area contributed by atoms with Crippen LogP contribution < -0.4 is 5.32 Å². The molecule has 0 aromatic carbocycles. The molecular formula is C12H19N3O2. The maximum Gasteiger partial charge on any atom is 0.254 e. The summed E-state index contributed by atoms with van der Waals surface area (Å²) in [4.78, 5) is 11.9. The summed E-state index contributed by atoms with van der Waals surface area (Å²) in [5.41, 5.74) is 1.47. The van der Waals surface area contributed by atoms with Gasteiger partial charge in [0.05, 0.1) is 17.9 Å². The third kappa shape index (κ3) is 2.49. The fourth-order valence-electron chi connectivity index (χ4n) is 2.30. The van der Waals surface area contributed by atoms with E-state index >= 15 is 0 Å². The molecular weight excluding hydrogens is 218 g/mol. The van der Waals surface area contributed by atoms with Crippen molar-refractivity contribution in [2.45, 2.75) is 32.3 Å². The largest absolute Gasteiger partial charge is 0.393 e. The van der Waals surface area contributed by atoms with Crippen LogP contribution in [0.2, 0.25) is 0 Å². The summed E-state index contributed by atoms with van der Waals surface area (Å²) >= 11 is 0. The number of aliphatic hydroxyl groups excluding tert-OH is 1. The van der Waals surface area contributed by atoms with Crippen LogP contribution in [0.5, 0.6) is 0 Å². The lowest BCUT2D eigenvalue weighted by atomic mass is 10.1. The predicted molar refractivity (Wildman–Crippen MR) is 63.6 cm³/mol. The Balaban J connectivity index is 1.91. The zero-order chi connectivity index (χ0) is 12.4. The van der Waals surface area contributed by atoms with E-state index in [0.717, 1.165) is 25.0 Å². The van der Waals surface area contributed by atoms with Gasteiger partial charge in [0, 0.05) is 25.2 Å². The van der Waals surface area contributed by atoms with Gasteiger partial charge in [0.2, 0.25) is 0 Å². The molecule has 1 aromatic heterocycles. The van der Waals surface area contributed by atoms with Gasteiger partial charge < -0.3 is 10.4 Å². The first-order chi connectivity index (χ1) is 8.09. The molecule has 0 spiro atoms. The summed E-state index contributed by atoms with van der Waals surface area (Å²) in [5, 5.41) is 16.6. The van der Waals surface area contributed by atoms with Crippen molar-refractivity contribution in [2.75, 3.05) is 6.54 Å². The molecule has 2 N–H and O–H groups in total. The summed E-state index contributed by atoms with van der Waals surface area (Å²) in [7, 11) is 1.81. The molecule has 0 radical (unpaired) electrons. The molecule has 0 saturated heterocycles. The van der Waals surface area contributed by atoms with Crippen LogP contribution in [0.25, 0.3) is 0 Å². The maximum absolute atomic E-state index is 11.9. The second kappa shape index (κ2) is 4.87. The highest BCUT2D eigenvalue weighted by molar-refractivity contribution is 5.95. The number of amides is 1. The standard InChI is InChI=1S/C12H19N3O2/c1-8-10(7-14-15(8)2)12(17)13-6-9-4-3-5-11(9)16/h7,9,11,16H,3-6H2,1-2H3,(H,13,17). The fourth-order valence-corrected chi connectivity index (χ4v) is 2.30. The Bertz CT molecular complexity index is 414. The van der Waals surface area contributed by atoms with Crippen molar-refractivity contribution in [1.29, 1.82) is 0 Å². The second-order valence-electron chi connectivity index (χ2n) is 4.74. The van der Waals surface area contributed by atoms with Gasteiger partial charge in [-0.15, -0.1) is 0 Å². The lowest BCUT2D eigenvalue weighted by Gasteiger charge is -2.14. The zero-order valence-corrected chi connectivity index (χ0v) is 10.3. The van der Waals surface area contributed by atoms with E-state index in [0.29, 0.717) is 12.1 Å². The molecule has 2 rings (SSSR count). The molecule has 94 valence electrons. The first-order valence-corrected chi connectivity index (χ1v) is 6.04. The number of aromatic nitrogens is 2. The first kappa shape index (κ1) is 12.1. The van der Waals surface area contributed by atoms with Crippen LogP contribution in [0, 0.1) is 12.8 Å². The molecule has 1 heterocycles. The Hall–Kier alpha value is -1.36. The SMILES string of the molecule is Cc1c(C(=O)NCC2CCCC2O)cnn1C. The summed E-state index contributed by atoms with van der Waals surface area (Å²) in [6.07, 6.45) is 4.22. The Labute approximate surface area is 101 Å². The number of hydrogen-bond acceptors (Lipinski definition) is 3. The van der Waals surface area contributed by atoms with Crippen molar-refractivity contribution < 1.29 is 9.90 Å². The molecule has 2 unspecified atom stereocenters. The first-order valence-electron chi connectivity index (χ1n) is 6.04. The number of aliphatic hydroxyl groups is 1. The Morgan fingerprint density at radius 2 is 2.41 bits per heavy atom. The number of hydrogen-bond donors (Lipinski definition) is 2. The molecule has 0 aliphatic heterocycles. The number of nitrogens with one attached hydrogen (secondary N) is 1. The molecule has 1 aliphatic carbocycles. The van der Waals surface area contributed by atoms with Gasteiger partial charge in [0.15, 0.2) is 0 Å². The lowest BCUT2D eigenvalue weighted by molar-refractivity contribution is 0.0916. The van der Waals surface area contributed by atoms with Crippen molar-refractivity contribution in [1.82, 2.24) is 15.1 Å². The molecule has 2 atom stereocenters. The topological polar surface area (TPSA) is 67.2 Å². The minimum Gasteiger partial charge on any atom is -0.393 e. The van der Waals surface area contributed by atoms with Crippen LogP contribution in [-0.2, 0) is 7.05 Å². The molecule has 17 heavy (non-hydrogen) atoms. The van der Waals surface area contributed by atoms with Crippen LogP contribution >= 0.6 is 0 Å². The summed E-state index contributed by atoms with van der Waals surface area (Å²) in [5.74, 6) is 0.102. The summed E-state index contributed by atoms with van der Waals surface area (Å²) in [6.45, 7) is 2.42. The van der Waals surface area contributed by atoms with Crippen LogP contribution in [0.3, 0.4) is 0 Å². The minimum absolute atomic E-state index is 0.102. The molecule has 1 fully saturated rings. The molecule has 5 heteroatoms. The maximum atomic E-state index is 11.9. The van der Waals surface area contributed by atoms with Crippen molar-refractivity contribution in [2.24, 2.45) is 13.0 Å². The Morgan fingerprint density at radius 1 is 1.65 bits per heavy atom. The Morgan fingerprint density at radius 3 is 2.94 bits per heavy atom. The monoisotopic (exact) mass is 237 g/mol. The van der Waals surface area contributed by atoms with E-state index in [9.17, 15) is 9.90 Å². The zero-order valence-electron chi connectivity index (χ0n) is 10.3. The van der Waals surface area contributed by atoms with E-state index < -0.39 is 0 Å². The van der Waals surface area contributed by atoms with Crippen LogP contribution in [0.4, 0.5) is 0 Å². The number of carbonyl (C=O) groups is 1. The van der Waals surface area contributed by atoms with E-state index in [1.54, 1.807) is 10.9 Å². The van der Waals surface area contributed by atoms with Gasteiger partial charge in [0.25, 0.3) is 5.91 Å². The van der Waals surface area contributed by atoms with Gasteiger partial charge in [-0.05, 0) is 19.8 Å². The van der Waals surface area contributed by atoms with Crippen LogP contribution in [-0.4, -0.2) is 33.4 Å². The third-order valence-corrected chi connectivity index (χ3v) is 3.62. The van der Waals surface area contributed by atoms with Gasteiger partial charge >= 0.3 is 0 Å². The number of rotatable bonds is 3. The highest BCUT2D eigenvalue weighted by Crippen LogP contribution is 2.24. The normalized spacial score (nSPS) is 23.9. The number of aryl methyl sites for hydroxylation is 1. The summed E-state index contributed by atoms with van der Waals surface area (Å²) < 4.78 is 1.68. The van der Waals surface area contributed by atoms with Gasteiger partial charge in [0.1, 0.15) is 0 Å². The average Bonchev–Trinajstić information content (AvgIpc) is 2.84. The quantitative estimate of drug-likeness (QED) is 0.810. The number of carbonyl (C=O) groups excluding carboxylic acids is 1. The number of nitrogens with zero attached hydrogens (tertiary/aromatic N) is 2. The predicted octanol–water partition coefficient (Wildman–Crippen LogP) is 0.619. The van der Waals surface area contributed by atoms with Crippen molar-refractivity contribution in [3.8, 4) is 0 Å². The van der Waals surface area contributed by atoms with Crippen molar-refractivity contribution in [3.05, 3.63) is 17.5 Å². The van der Waals surface area contributed by atoms with Gasteiger partial charge in [-0.25, -0.2) is 0 Å². The van der Waals surface area contributed by atoms with Crippen LogP contribution in [0.1, 0.15) is 35.3 Å². The van der Waals surface area contributed by atoms with Gasteiger partial charge in [-0.1, -0.05) is 6.42 Å². The molecule has 1 saturated carbocycles.